The van der Waals surface area contributed by atoms with E-state index in [-0.39, 0.29) is 10.6 Å². The van der Waals surface area contributed by atoms with Crippen molar-refractivity contribution in [2.24, 2.45) is 5.92 Å². The van der Waals surface area contributed by atoms with Crippen molar-refractivity contribution in [3.05, 3.63) is 59.6 Å². The lowest BCUT2D eigenvalue weighted by Gasteiger charge is -2.31. The summed E-state index contributed by atoms with van der Waals surface area (Å²) in [5.74, 6) is 1.09. The molecule has 0 bridgehead atoms. The minimum absolute atomic E-state index is 0.207. The number of benzene rings is 2. The fourth-order valence-electron chi connectivity index (χ4n) is 5.68. The number of halogens is 2. The van der Waals surface area contributed by atoms with E-state index >= 15 is 4.39 Å². The lowest BCUT2D eigenvalue weighted by atomic mass is 9.97. The van der Waals surface area contributed by atoms with E-state index in [1.807, 2.05) is 0 Å². The molecule has 2 aliphatic heterocycles. The molecule has 1 spiro atoms. The van der Waals surface area contributed by atoms with Crippen LogP contribution in [0.2, 0.25) is 5.02 Å². The Kier molecular flexibility index (Phi) is 6.68. The van der Waals surface area contributed by atoms with Gasteiger partial charge in [-0.3, -0.25) is 0 Å². The number of piperidine rings is 1. The molecule has 0 radical (unpaired) electrons. The van der Waals surface area contributed by atoms with Crippen LogP contribution in [0.4, 0.5) is 10.3 Å². The molecule has 200 valence electrons. The van der Waals surface area contributed by atoms with Crippen molar-refractivity contribution in [3.8, 4) is 22.6 Å². The smallest absolute Gasteiger partial charge is 0.225 e. The summed E-state index contributed by atoms with van der Waals surface area (Å²) in [6, 6.07) is 9.87. The van der Waals surface area contributed by atoms with Crippen LogP contribution in [0.25, 0.3) is 11.1 Å². The summed E-state index contributed by atoms with van der Waals surface area (Å²) in [5.41, 5.74) is 1.34. The number of anilines is 1. The molecule has 0 unspecified atom stereocenters. The Bertz CT molecular complexity index is 1440. The molecule has 10 heteroatoms. The van der Waals surface area contributed by atoms with Crippen LogP contribution in [0.15, 0.2) is 53.7 Å². The molecule has 2 aromatic carbocycles. The zero-order valence-electron chi connectivity index (χ0n) is 20.9. The topological polar surface area (TPSA) is 81.6 Å². The Morgan fingerprint density at radius 1 is 1.03 bits per heavy atom. The Morgan fingerprint density at radius 2 is 1.71 bits per heavy atom. The second kappa shape index (κ2) is 10.0. The predicted molar refractivity (Wildman–Crippen MR) is 143 cm³/mol. The second-order valence-electron chi connectivity index (χ2n) is 10.3. The average molecular weight is 558 g/mol. The second-order valence-corrected chi connectivity index (χ2v) is 13.0. The van der Waals surface area contributed by atoms with Gasteiger partial charge < -0.3 is 14.4 Å². The SMILES string of the molecule is O=S1(=O)c2ccc(-c3ccc(OCC4CCN(c5ncc(Cl)cn5)CC4)c(F)c3)cc2OC12CCCCC2. The summed E-state index contributed by atoms with van der Waals surface area (Å²) in [4.78, 5) is 9.76. The minimum Gasteiger partial charge on any atom is -0.490 e. The monoisotopic (exact) mass is 557 g/mol. The van der Waals surface area contributed by atoms with Gasteiger partial charge in [0.2, 0.25) is 20.7 Å². The van der Waals surface area contributed by atoms with E-state index in [0.29, 0.717) is 53.2 Å². The lowest BCUT2D eigenvalue weighted by Crippen LogP contribution is -2.41. The van der Waals surface area contributed by atoms with E-state index in [1.165, 1.54) is 6.07 Å². The first-order chi connectivity index (χ1) is 18.3. The summed E-state index contributed by atoms with van der Waals surface area (Å²) in [6.07, 6.45) is 8.68. The fourth-order valence-corrected chi connectivity index (χ4v) is 7.82. The summed E-state index contributed by atoms with van der Waals surface area (Å²) in [6.45, 7) is 2.03. The van der Waals surface area contributed by atoms with E-state index in [1.54, 1.807) is 42.7 Å². The highest BCUT2D eigenvalue weighted by atomic mass is 35.5. The maximum atomic E-state index is 15.0. The largest absolute Gasteiger partial charge is 0.490 e. The molecule has 3 heterocycles. The molecule has 0 atom stereocenters. The maximum absolute atomic E-state index is 15.0. The Hall–Kier alpha value is -2.91. The van der Waals surface area contributed by atoms with E-state index < -0.39 is 20.6 Å². The predicted octanol–water partition coefficient (Wildman–Crippen LogP) is 6.06. The molecule has 2 fully saturated rings. The molecular weight excluding hydrogens is 529 g/mol. The van der Waals surface area contributed by atoms with Gasteiger partial charge in [-0.1, -0.05) is 30.2 Å². The Balaban J connectivity index is 1.10. The Labute approximate surface area is 226 Å². The number of nitrogens with zero attached hydrogens (tertiary/aromatic N) is 3. The van der Waals surface area contributed by atoms with Gasteiger partial charge in [-0.05, 0) is 67.0 Å². The van der Waals surface area contributed by atoms with Crippen molar-refractivity contribution < 1.29 is 22.3 Å². The number of ether oxygens (including phenoxy) is 2. The van der Waals surface area contributed by atoms with Crippen molar-refractivity contribution in [2.75, 3.05) is 24.6 Å². The van der Waals surface area contributed by atoms with Gasteiger partial charge in [0.1, 0.15) is 10.6 Å². The first-order valence-electron chi connectivity index (χ1n) is 13.1. The molecule has 0 N–H and O–H groups in total. The summed E-state index contributed by atoms with van der Waals surface area (Å²) < 4.78 is 53.3. The Morgan fingerprint density at radius 3 is 2.42 bits per heavy atom. The van der Waals surface area contributed by atoms with Crippen molar-refractivity contribution in [2.45, 2.75) is 54.8 Å². The summed E-state index contributed by atoms with van der Waals surface area (Å²) in [5, 5.41) is 0.510. The van der Waals surface area contributed by atoms with Crippen molar-refractivity contribution in [1.29, 1.82) is 0 Å². The fraction of sp³-hybridized carbons (Fsp3) is 0.429. The number of fused-ring (bicyclic) bond motifs is 1. The van der Waals surface area contributed by atoms with Gasteiger partial charge in [-0.2, -0.15) is 0 Å². The van der Waals surface area contributed by atoms with E-state index in [4.69, 9.17) is 21.1 Å². The van der Waals surface area contributed by atoms with Crippen LogP contribution in [0.3, 0.4) is 0 Å². The van der Waals surface area contributed by atoms with Gasteiger partial charge in [0.05, 0.1) is 24.0 Å². The molecular formula is C28H29ClFN3O4S. The molecule has 6 rings (SSSR count). The van der Waals surface area contributed by atoms with Crippen molar-refractivity contribution >= 4 is 27.4 Å². The third-order valence-electron chi connectivity index (χ3n) is 7.88. The van der Waals surface area contributed by atoms with Crippen LogP contribution in [0.5, 0.6) is 11.5 Å². The van der Waals surface area contributed by atoms with Crippen LogP contribution in [0, 0.1) is 11.7 Å². The summed E-state index contributed by atoms with van der Waals surface area (Å²) in [7, 11) is -3.55. The van der Waals surface area contributed by atoms with E-state index in [0.717, 1.165) is 45.2 Å². The van der Waals surface area contributed by atoms with Gasteiger partial charge in [0.15, 0.2) is 11.6 Å². The third kappa shape index (κ3) is 4.60. The quantitative estimate of drug-likeness (QED) is 0.377. The van der Waals surface area contributed by atoms with E-state index in [9.17, 15) is 8.42 Å². The van der Waals surface area contributed by atoms with Gasteiger partial charge in [-0.25, -0.2) is 22.8 Å². The molecule has 1 aliphatic carbocycles. The number of sulfone groups is 1. The molecule has 3 aromatic rings. The van der Waals surface area contributed by atoms with Gasteiger partial charge >= 0.3 is 0 Å². The van der Waals surface area contributed by atoms with Crippen LogP contribution >= 0.6 is 11.6 Å². The zero-order chi connectivity index (χ0) is 26.3. The van der Waals surface area contributed by atoms with Crippen LogP contribution in [0.1, 0.15) is 44.9 Å². The molecule has 1 saturated carbocycles. The lowest BCUT2D eigenvalue weighted by molar-refractivity contribution is 0.118. The maximum Gasteiger partial charge on any atom is 0.225 e. The van der Waals surface area contributed by atoms with Crippen LogP contribution < -0.4 is 14.4 Å². The number of aromatic nitrogens is 2. The highest BCUT2D eigenvalue weighted by molar-refractivity contribution is 7.93. The van der Waals surface area contributed by atoms with Gasteiger partial charge in [0, 0.05) is 25.9 Å². The third-order valence-corrected chi connectivity index (χ3v) is 10.5. The number of hydrogen-bond acceptors (Lipinski definition) is 7. The first kappa shape index (κ1) is 25.4. The normalized spacial score (nSPS) is 20.2. The highest BCUT2D eigenvalue weighted by Crippen LogP contribution is 2.50. The molecule has 1 aromatic heterocycles. The van der Waals surface area contributed by atoms with Gasteiger partial charge in [-0.15, -0.1) is 0 Å². The van der Waals surface area contributed by atoms with Crippen LogP contribution in [-0.4, -0.2) is 43.0 Å². The van der Waals surface area contributed by atoms with Gasteiger partial charge in [0.25, 0.3) is 0 Å². The molecule has 3 aliphatic rings. The molecule has 1 saturated heterocycles. The number of hydrogen-bond donors (Lipinski definition) is 0. The van der Waals surface area contributed by atoms with Crippen LogP contribution in [-0.2, 0) is 9.84 Å². The van der Waals surface area contributed by atoms with Crippen molar-refractivity contribution in [1.82, 2.24) is 9.97 Å². The first-order valence-corrected chi connectivity index (χ1v) is 14.9. The molecule has 7 nitrogen and oxygen atoms in total. The number of rotatable bonds is 5. The minimum atomic E-state index is -3.55. The molecule has 38 heavy (non-hydrogen) atoms. The highest BCUT2D eigenvalue weighted by Gasteiger charge is 2.53. The standard InChI is InChI=1S/C28H29ClFN3O4S/c29-22-16-31-27(32-17-22)33-12-8-19(9-13-33)18-36-24-6-4-20(14-23(24)30)21-5-7-26-25(15-21)37-28(38(26,34)35)10-2-1-3-11-28/h4-7,14-17,19H,1-3,8-13,18H2. The summed E-state index contributed by atoms with van der Waals surface area (Å²) >= 11 is 5.87. The zero-order valence-corrected chi connectivity index (χ0v) is 22.5. The average Bonchev–Trinajstić information content (AvgIpc) is 3.14. The van der Waals surface area contributed by atoms with E-state index in [2.05, 4.69) is 14.9 Å². The molecule has 0 amide bonds. The van der Waals surface area contributed by atoms with Crippen molar-refractivity contribution in [3.63, 3.8) is 0 Å².